The van der Waals surface area contributed by atoms with Crippen molar-refractivity contribution in [1.82, 2.24) is 4.98 Å². The van der Waals surface area contributed by atoms with E-state index in [-0.39, 0.29) is 5.69 Å². The minimum Gasteiger partial charge on any atom is -0.370 e. The summed E-state index contributed by atoms with van der Waals surface area (Å²) in [6, 6.07) is 3.12. The maximum atomic E-state index is 10.5. The van der Waals surface area contributed by atoms with E-state index in [1.54, 1.807) is 6.07 Å². The first-order valence-electron chi connectivity index (χ1n) is 6.26. The Morgan fingerprint density at radius 1 is 1.28 bits per heavy atom. The number of nitrogens with zero attached hydrogens (tertiary/aromatic N) is 2. The lowest BCUT2D eigenvalue weighted by molar-refractivity contribution is -0.385. The van der Waals surface area contributed by atoms with Crippen LogP contribution < -0.4 is 5.32 Å². The molecule has 100 valence electrons. The van der Waals surface area contributed by atoms with Gasteiger partial charge < -0.3 is 5.32 Å². The molecule has 5 heteroatoms. The van der Waals surface area contributed by atoms with Crippen molar-refractivity contribution in [3.05, 3.63) is 28.4 Å². The molecule has 0 aromatic carbocycles. The van der Waals surface area contributed by atoms with Crippen LogP contribution in [0.3, 0.4) is 0 Å². The zero-order valence-corrected chi connectivity index (χ0v) is 11.4. The first kappa shape index (κ1) is 14.4. The number of pyridine rings is 1. The number of anilines is 1. The zero-order valence-electron chi connectivity index (χ0n) is 11.4. The third-order valence-electron chi connectivity index (χ3n) is 3.19. The number of aromatic nitrogens is 1. The van der Waals surface area contributed by atoms with Gasteiger partial charge in [-0.25, -0.2) is 4.98 Å². The monoisotopic (exact) mass is 251 g/mol. The molecule has 0 bridgehead atoms. The molecule has 1 aromatic heterocycles. The first-order valence-corrected chi connectivity index (χ1v) is 6.26. The molecule has 1 rings (SSSR count). The summed E-state index contributed by atoms with van der Waals surface area (Å²) in [5, 5.41) is 13.7. The molecule has 0 aliphatic carbocycles. The van der Waals surface area contributed by atoms with Gasteiger partial charge in [-0.15, -0.1) is 0 Å². The second-order valence-electron chi connectivity index (χ2n) is 5.19. The van der Waals surface area contributed by atoms with Gasteiger partial charge in [0.1, 0.15) is 12.0 Å². The zero-order chi connectivity index (χ0) is 13.7. The summed E-state index contributed by atoms with van der Waals surface area (Å²) < 4.78 is 0. The van der Waals surface area contributed by atoms with Gasteiger partial charge in [0.25, 0.3) is 5.69 Å². The SMILES string of the molecule is CC(C)C(CNc1ccc([N+](=O)[O-])cn1)C(C)C. The molecule has 0 radical (unpaired) electrons. The molecule has 5 nitrogen and oxygen atoms in total. The van der Waals surface area contributed by atoms with E-state index in [1.807, 2.05) is 0 Å². The van der Waals surface area contributed by atoms with Crippen LogP contribution in [0.25, 0.3) is 0 Å². The quantitative estimate of drug-likeness (QED) is 0.622. The maximum absolute atomic E-state index is 10.5. The van der Waals surface area contributed by atoms with Crippen LogP contribution in [-0.2, 0) is 0 Å². The Morgan fingerprint density at radius 2 is 1.89 bits per heavy atom. The summed E-state index contributed by atoms with van der Waals surface area (Å²) in [4.78, 5) is 14.1. The smallest absolute Gasteiger partial charge is 0.287 e. The van der Waals surface area contributed by atoms with Gasteiger partial charge in [-0.3, -0.25) is 10.1 Å². The lowest BCUT2D eigenvalue weighted by Crippen LogP contribution is -2.24. The van der Waals surface area contributed by atoms with Crippen LogP contribution in [-0.4, -0.2) is 16.5 Å². The topological polar surface area (TPSA) is 68.1 Å². The second kappa shape index (κ2) is 6.33. The van der Waals surface area contributed by atoms with Crippen molar-refractivity contribution < 1.29 is 4.92 Å². The molecule has 0 unspecified atom stereocenters. The highest BCUT2D eigenvalue weighted by atomic mass is 16.6. The largest absolute Gasteiger partial charge is 0.370 e. The van der Waals surface area contributed by atoms with E-state index in [2.05, 4.69) is 38.0 Å². The van der Waals surface area contributed by atoms with E-state index in [9.17, 15) is 10.1 Å². The van der Waals surface area contributed by atoms with Crippen molar-refractivity contribution in [2.24, 2.45) is 17.8 Å². The maximum Gasteiger partial charge on any atom is 0.287 e. The van der Waals surface area contributed by atoms with E-state index >= 15 is 0 Å². The average molecular weight is 251 g/mol. The Bertz CT molecular complexity index is 380. The molecule has 0 fully saturated rings. The normalized spacial score (nSPS) is 11.3. The number of nitrogens with one attached hydrogen (secondary N) is 1. The lowest BCUT2D eigenvalue weighted by Gasteiger charge is -2.25. The third-order valence-corrected chi connectivity index (χ3v) is 3.19. The Balaban J connectivity index is 2.60. The highest BCUT2D eigenvalue weighted by Crippen LogP contribution is 2.21. The molecular formula is C13H21N3O2. The van der Waals surface area contributed by atoms with Crippen LogP contribution in [0.4, 0.5) is 11.5 Å². The van der Waals surface area contributed by atoms with Gasteiger partial charge in [0, 0.05) is 12.6 Å². The summed E-state index contributed by atoms with van der Waals surface area (Å²) in [5.74, 6) is 2.43. The molecule has 0 saturated carbocycles. The van der Waals surface area contributed by atoms with Crippen LogP contribution in [0.5, 0.6) is 0 Å². The van der Waals surface area contributed by atoms with Crippen molar-refractivity contribution in [2.45, 2.75) is 27.7 Å². The van der Waals surface area contributed by atoms with E-state index in [0.717, 1.165) is 6.54 Å². The van der Waals surface area contributed by atoms with Crippen molar-refractivity contribution in [1.29, 1.82) is 0 Å². The Morgan fingerprint density at radius 3 is 2.28 bits per heavy atom. The van der Waals surface area contributed by atoms with Crippen molar-refractivity contribution in [3.8, 4) is 0 Å². The van der Waals surface area contributed by atoms with Crippen LogP contribution in [0, 0.1) is 27.9 Å². The summed E-state index contributed by atoms with van der Waals surface area (Å²) in [5.41, 5.74) is 0.0184. The Kier molecular flexibility index (Phi) is 5.07. The van der Waals surface area contributed by atoms with Crippen molar-refractivity contribution in [2.75, 3.05) is 11.9 Å². The molecule has 1 aromatic rings. The molecule has 0 atom stereocenters. The number of nitro groups is 1. The fraction of sp³-hybridized carbons (Fsp3) is 0.615. The molecule has 1 N–H and O–H groups in total. The molecule has 1 heterocycles. The predicted octanol–water partition coefficient (Wildman–Crippen LogP) is 3.33. The number of rotatable bonds is 6. The molecule has 0 saturated heterocycles. The molecule has 0 spiro atoms. The van der Waals surface area contributed by atoms with Gasteiger partial charge in [0.2, 0.25) is 0 Å². The highest BCUT2D eigenvalue weighted by Gasteiger charge is 2.17. The van der Waals surface area contributed by atoms with Crippen LogP contribution >= 0.6 is 0 Å². The molecule has 0 amide bonds. The second-order valence-corrected chi connectivity index (χ2v) is 5.19. The first-order chi connectivity index (χ1) is 8.41. The van der Waals surface area contributed by atoms with Crippen LogP contribution in [0.2, 0.25) is 0 Å². The van der Waals surface area contributed by atoms with Gasteiger partial charge in [0.05, 0.1) is 4.92 Å². The Hall–Kier alpha value is -1.65. The molecular weight excluding hydrogens is 230 g/mol. The van der Waals surface area contributed by atoms with Gasteiger partial charge in [-0.1, -0.05) is 27.7 Å². The highest BCUT2D eigenvalue weighted by molar-refractivity contribution is 5.40. The van der Waals surface area contributed by atoms with Gasteiger partial charge in [0.15, 0.2) is 0 Å². The van der Waals surface area contributed by atoms with Crippen molar-refractivity contribution >= 4 is 11.5 Å². The minimum atomic E-state index is -0.443. The summed E-state index contributed by atoms with van der Waals surface area (Å²) in [7, 11) is 0. The fourth-order valence-corrected chi connectivity index (χ4v) is 2.06. The van der Waals surface area contributed by atoms with Crippen molar-refractivity contribution in [3.63, 3.8) is 0 Å². The summed E-state index contributed by atoms with van der Waals surface area (Å²) in [6.07, 6.45) is 1.28. The average Bonchev–Trinajstić information content (AvgIpc) is 2.28. The van der Waals surface area contributed by atoms with Crippen LogP contribution in [0.15, 0.2) is 18.3 Å². The number of hydrogen-bond donors (Lipinski definition) is 1. The van der Waals surface area contributed by atoms with Gasteiger partial charge in [-0.2, -0.15) is 0 Å². The van der Waals surface area contributed by atoms with E-state index in [4.69, 9.17) is 0 Å². The minimum absolute atomic E-state index is 0.0184. The molecule has 18 heavy (non-hydrogen) atoms. The lowest BCUT2D eigenvalue weighted by atomic mass is 9.85. The summed E-state index contributed by atoms with van der Waals surface area (Å²) in [6.45, 7) is 9.65. The van der Waals surface area contributed by atoms with E-state index in [1.165, 1.54) is 12.3 Å². The standard InChI is InChI=1S/C13H21N3O2/c1-9(2)12(10(3)4)8-15-13-6-5-11(7-14-13)16(17)18/h5-7,9-10,12H,8H2,1-4H3,(H,14,15). The Labute approximate surface area is 108 Å². The van der Waals surface area contributed by atoms with E-state index < -0.39 is 4.92 Å². The summed E-state index contributed by atoms with van der Waals surface area (Å²) >= 11 is 0. The number of hydrogen-bond acceptors (Lipinski definition) is 4. The van der Waals surface area contributed by atoms with E-state index in [0.29, 0.717) is 23.6 Å². The third kappa shape index (κ3) is 3.98. The van der Waals surface area contributed by atoms with Crippen LogP contribution in [0.1, 0.15) is 27.7 Å². The molecule has 0 aliphatic rings. The predicted molar refractivity (Wildman–Crippen MR) is 72.5 cm³/mol. The fourth-order valence-electron chi connectivity index (χ4n) is 2.06. The van der Waals surface area contributed by atoms with Gasteiger partial charge in [-0.05, 0) is 23.8 Å². The van der Waals surface area contributed by atoms with Gasteiger partial charge >= 0.3 is 0 Å². The molecule has 0 aliphatic heterocycles.